The third-order valence-corrected chi connectivity index (χ3v) is 15.9. The first kappa shape index (κ1) is 41.8. The highest BCUT2D eigenvalue weighted by Gasteiger charge is 2.70. The molecule has 0 aromatic rings. The van der Waals surface area contributed by atoms with E-state index in [1.165, 1.54) is 33.3 Å². The van der Waals surface area contributed by atoms with Crippen LogP contribution >= 0.6 is 0 Å². The van der Waals surface area contributed by atoms with Crippen LogP contribution in [-0.4, -0.2) is 73.6 Å². The summed E-state index contributed by atoms with van der Waals surface area (Å²) >= 11 is 0. The van der Waals surface area contributed by atoms with Crippen molar-refractivity contribution in [3.63, 3.8) is 0 Å². The first-order chi connectivity index (χ1) is 25.6. The van der Waals surface area contributed by atoms with Crippen LogP contribution < -0.4 is 0 Å². The fraction of sp³-hybridized carbons (Fsp3) is 0.841. The molecule has 0 aromatic heterocycles. The van der Waals surface area contributed by atoms with Gasteiger partial charge < -0.3 is 28.4 Å². The fourth-order valence-electron chi connectivity index (χ4n) is 13.5. The summed E-state index contributed by atoms with van der Waals surface area (Å²) in [5, 5.41) is 0. The Morgan fingerprint density at radius 2 is 1.44 bits per heavy atom. The van der Waals surface area contributed by atoms with E-state index >= 15 is 0 Å². The van der Waals surface area contributed by atoms with Crippen molar-refractivity contribution in [3.8, 4) is 0 Å². The smallest absolute Gasteiger partial charge is 0.303 e. The number of carbonyl (C=O) groups is 5. The molecule has 0 spiro atoms. The predicted molar refractivity (Wildman–Crippen MR) is 202 cm³/mol. The van der Waals surface area contributed by atoms with Crippen molar-refractivity contribution in [3.05, 3.63) is 11.1 Å². The number of ketones is 1. The van der Waals surface area contributed by atoms with Crippen molar-refractivity contribution >= 4 is 29.7 Å². The van der Waals surface area contributed by atoms with E-state index in [0.717, 1.165) is 56.9 Å². The summed E-state index contributed by atoms with van der Waals surface area (Å²) in [6.07, 6.45) is 4.80. The van der Waals surface area contributed by atoms with E-state index < -0.39 is 47.9 Å². The first-order valence-corrected chi connectivity index (χ1v) is 20.8. The van der Waals surface area contributed by atoms with Gasteiger partial charge in [0.1, 0.15) is 24.9 Å². The average Bonchev–Trinajstić information content (AvgIpc) is 3.37. The number of rotatable bonds is 9. The number of esters is 4. The number of fused-ring (bicyclic) bond motifs is 7. The molecule has 11 nitrogen and oxygen atoms in total. The Bertz CT molecular complexity index is 1600. The van der Waals surface area contributed by atoms with Crippen molar-refractivity contribution in [2.24, 2.45) is 50.7 Å². The van der Waals surface area contributed by atoms with Crippen LogP contribution in [0.25, 0.3) is 0 Å². The molecule has 0 radical (unpaired) electrons. The Hall–Kier alpha value is -2.79. The van der Waals surface area contributed by atoms with Crippen LogP contribution in [0.5, 0.6) is 0 Å². The highest BCUT2D eigenvalue weighted by Crippen LogP contribution is 2.76. The number of hydrogen-bond donors (Lipinski definition) is 0. The molecule has 0 bridgehead atoms. The Labute approximate surface area is 327 Å². The van der Waals surface area contributed by atoms with Gasteiger partial charge in [0, 0.05) is 51.4 Å². The van der Waals surface area contributed by atoms with Gasteiger partial charge in [0.25, 0.3) is 0 Å². The normalized spacial score (nSPS) is 42.0. The van der Waals surface area contributed by atoms with Crippen LogP contribution in [0.3, 0.4) is 0 Å². The number of ether oxygens (including phenoxy) is 6. The molecule has 0 aromatic carbocycles. The zero-order valence-electron chi connectivity index (χ0n) is 35.2. The van der Waals surface area contributed by atoms with Crippen LogP contribution in [-0.2, 0) is 52.4 Å². The van der Waals surface area contributed by atoms with E-state index in [4.69, 9.17) is 28.4 Å². The summed E-state index contributed by atoms with van der Waals surface area (Å²) in [4.78, 5) is 62.4. The molecule has 12 atom stereocenters. The van der Waals surface area contributed by atoms with Gasteiger partial charge in [-0.3, -0.25) is 24.0 Å². The summed E-state index contributed by atoms with van der Waals surface area (Å²) in [5.41, 5.74) is 1.78. The van der Waals surface area contributed by atoms with Gasteiger partial charge in [-0.2, -0.15) is 0 Å². The van der Waals surface area contributed by atoms with Gasteiger partial charge in [-0.1, -0.05) is 54.0 Å². The second kappa shape index (κ2) is 14.9. The van der Waals surface area contributed by atoms with E-state index in [0.29, 0.717) is 18.3 Å². The van der Waals surface area contributed by atoms with Crippen molar-refractivity contribution < 1.29 is 52.4 Å². The van der Waals surface area contributed by atoms with Gasteiger partial charge in [0.05, 0.1) is 6.61 Å². The maximum atomic E-state index is 14.2. The average molecular weight is 771 g/mol. The predicted octanol–water partition coefficient (Wildman–Crippen LogP) is 7.46. The zero-order valence-corrected chi connectivity index (χ0v) is 35.2. The monoisotopic (exact) mass is 770 g/mol. The second-order valence-electron chi connectivity index (χ2n) is 19.6. The minimum absolute atomic E-state index is 0.0293. The molecule has 5 fully saturated rings. The molecule has 6 rings (SSSR count). The Balaban J connectivity index is 1.29. The molecule has 0 N–H and O–H groups in total. The van der Waals surface area contributed by atoms with Crippen LogP contribution in [0.2, 0.25) is 0 Å². The van der Waals surface area contributed by atoms with Crippen LogP contribution in [0.15, 0.2) is 11.1 Å². The maximum Gasteiger partial charge on any atom is 0.303 e. The molecule has 55 heavy (non-hydrogen) atoms. The van der Waals surface area contributed by atoms with Crippen LogP contribution in [0, 0.1) is 50.7 Å². The summed E-state index contributed by atoms with van der Waals surface area (Å²) in [6, 6.07) is 0. The lowest BCUT2D eigenvalue weighted by Gasteiger charge is -2.72. The van der Waals surface area contributed by atoms with Gasteiger partial charge in [0.2, 0.25) is 0 Å². The summed E-state index contributed by atoms with van der Waals surface area (Å²) < 4.78 is 35.4. The van der Waals surface area contributed by atoms with Crippen LogP contribution in [0.4, 0.5) is 0 Å². The van der Waals surface area contributed by atoms with Crippen molar-refractivity contribution in [2.75, 3.05) is 13.2 Å². The minimum Gasteiger partial charge on any atom is -0.463 e. The standard InChI is InChI=1S/C44H66O11/c1-24(2)37-30(49)21-44(23-51-36-20-31(52-26(4)46)39(54-28(6)48)32(55-36)22-50-25(3)45)19-18-42(10)29(38(37)44)12-13-34-41(9)16-15-35(53-27(5)47)40(7,8)33(41)14-17-43(34,42)11/h24,29,31-36,39H,12-23H2,1-11H3/t29?,31-,32-,33?,34?,35?,36+,39-,41+,42-,43-,44+/m1/s1. The lowest BCUT2D eigenvalue weighted by molar-refractivity contribution is -0.273. The number of carbonyl (C=O) groups excluding carboxylic acids is 5. The SMILES string of the molecule is CC(=O)OC[C@H]1O[C@H](OC[C@@]23CC[C@]4(C)C(CCC5[C@@]6(C)CCC(OC(C)=O)C(C)(C)C6CC[C@]54C)C2=C(C(C)C)C(=O)C3)C[C@@H](OC(C)=O)[C@H]1OC(C)=O. The fourth-order valence-corrected chi connectivity index (χ4v) is 13.5. The molecule has 4 unspecified atom stereocenters. The van der Waals surface area contributed by atoms with Crippen molar-refractivity contribution in [1.29, 1.82) is 0 Å². The molecule has 1 aliphatic heterocycles. The second-order valence-corrected chi connectivity index (χ2v) is 19.6. The first-order valence-electron chi connectivity index (χ1n) is 20.8. The Morgan fingerprint density at radius 3 is 2.05 bits per heavy atom. The molecule has 1 saturated heterocycles. The third-order valence-electron chi connectivity index (χ3n) is 15.9. The van der Waals surface area contributed by atoms with Gasteiger partial charge in [-0.15, -0.1) is 0 Å². The quantitative estimate of drug-likeness (QED) is 0.171. The number of allylic oxidation sites excluding steroid dienone is 1. The van der Waals surface area contributed by atoms with E-state index in [1.807, 2.05) is 0 Å². The van der Waals surface area contributed by atoms with Crippen molar-refractivity contribution in [2.45, 2.75) is 171 Å². The summed E-state index contributed by atoms with van der Waals surface area (Å²) in [6.45, 7) is 21.9. The Morgan fingerprint density at radius 1 is 0.764 bits per heavy atom. The molecule has 308 valence electrons. The zero-order chi connectivity index (χ0) is 40.5. The van der Waals surface area contributed by atoms with Gasteiger partial charge in [0.15, 0.2) is 18.2 Å². The lowest BCUT2D eigenvalue weighted by atomic mass is 9.33. The van der Waals surface area contributed by atoms with E-state index in [9.17, 15) is 24.0 Å². The molecule has 6 aliphatic rings. The molecule has 11 heteroatoms. The molecule has 5 aliphatic carbocycles. The molecular formula is C44H66O11. The van der Waals surface area contributed by atoms with E-state index in [2.05, 4.69) is 48.5 Å². The van der Waals surface area contributed by atoms with Gasteiger partial charge in [-0.25, -0.2) is 0 Å². The van der Waals surface area contributed by atoms with Crippen LogP contribution in [0.1, 0.15) is 140 Å². The van der Waals surface area contributed by atoms with Gasteiger partial charge >= 0.3 is 23.9 Å². The van der Waals surface area contributed by atoms with Crippen molar-refractivity contribution in [1.82, 2.24) is 0 Å². The topological polar surface area (TPSA) is 141 Å². The highest BCUT2D eigenvalue weighted by molar-refractivity contribution is 6.00. The minimum atomic E-state index is -0.986. The number of hydrogen-bond acceptors (Lipinski definition) is 11. The third kappa shape index (κ3) is 7.09. The van der Waals surface area contributed by atoms with E-state index in [1.54, 1.807) is 0 Å². The largest absolute Gasteiger partial charge is 0.463 e. The molecular weight excluding hydrogens is 704 g/mol. The Kier molecular flexibility index (Phi) is 11.3. The summed E-state index contributed by atoms with van der Waals surface area (Å²) in [5.74, 6) is -0.379. The molecule has 0 amide bonds. The summed E-state index contributed by atoms with van der Waals surface area (Å²) in [7, 11) is 0. The molecule has 1 heterocycles. The lowest BCUT2D eigenvalue weighted by Crippen LogP contribution is -2.66. The maximum absolute atomic E-state index is 14.2. The highest BCUT2D eigenvalue weighted by atomic mass is 16.7. The molecule has 4 saturated carbocycles. The number of Topliss-reactive ketones (excluding diaryl/α,β-unsaturated/α-hetero) is 1. The van der Waals surface area contributed by atoms with Gasteiger partial charge in [-0.05, 0) is 96.9 Å². The van der Waals surface area contributed by atoms with E-state index in [-0.39, 0.29) is 71.0 Å².